The first kappa shape index (κ1) is 34.8. The van der Waals surface area contributed by atoms with E-state index in [0.717, 1.165) is 58.6 Å². The molecule has 49 heavy (non-hydrogen) atoms. The van der Waals surface area contributed by atoms with Crippen LogP contribution in [-0.4, -0.2) is 53.6 Å². The number of carbonyl (C=O) groups excluding carboxylic acids is 1. The minimum absolute atomic E-state index is 0.0115. The number of hydrogen-bond acceptors (Lipinski definition) is 7. The number of carbonyl (C=O) groups is 1. The van der Waals surface area contributed by atoms with Gasteiger partial charge in [0.1, 0.15) is 6.61 Å². The Morgan fingerprint density at radius 2 is 1.65 bits per heavy atom. The van der Waals surface area contributed by atoms with E-state index in [4.69, 9.17) is 25.8 Å². The summed E-state index contributed by atoms with van der Waals surface area (Å²) >= 11 is 6.09. The summed E-state index contributed by atoms with van der Waals surface area (Å²) in [6, 6.07) is 31.5. The van der Waals surface area contributed by atoms with Gasteiger partial charge in [-0.1, -0.05) is 109 Å². The van der Waals surface area contributed by atoms with Crippen LogP contribution in [0.2, 0.25) is 5.02 Å². The van der Waals surface area contributed by atoms with Gasteiger partial charge in [-0.05, 0) is 58.4 Å². The molecule has 256 valence electrons. The van der Waals surface area contributed by atoms with E-state index in [1.165, 1.54) is 6.08 Å². The fourth-order valence-corrected chi connectivity index (χ4v) is 6.73. The van der Waals surface area contributed by atoms with Crippen LogP contribution in [-0.2, 0) is 33.0 Å². The second-order valence-electron chi connectivity index (χ2n) is 12.7. The molecule has 0 aliphatic carbocycles. The first-order valence-electron chi connectivity index (χ1n) is 16.7. The van der Waals surface area contributed by atoms with Crippen molar-refractivity contribution in [3.8, 4) is 11.1 Å². The van der Waals surface area contributed by atoms with E-state index in [0.29, 0.717) is 30.8 Å². The molecule has 0 bridgehead atoms. The Bertz CT molecular complexity index is 1690. The molecular weight excluding hydrogens is 640 g/mol. The summed E-state index contributed by atoms with van der Waals surface area (Å²) < 4.78 is 18.3. The van der Waals surface area contributed by atoms with Crippen LogP contribution >= 0.6 is 11.6 Å². The molecule has 2 aliphatic heterocycles. The smallest absolute Gasteiger partial charge is 0.407 e. The second kappa shape index (κ2) is 16.1. The molecule has 4 aromatic carbocycles. The summed E-state index contributed by atoms with van der Waals surface area (Å²) in [6.07, 6.45) is 2.10. The molecule has 8 nitrogen and oxygen atoms in total. The van der Waals surface area contributed by atoms with E-state index in [2.05, 4.69) is 16.8 Å². The zero-order chi connectivity index (χ0) is 34.2. The van der Waals surface area contributed by atoms with Gasteiger partial charge in [-0.25, -0.2) is 4.79 Å². The van der Waals surface area contributed by atoms with Gasteiger partial charge in [0.15, 0.2) is 6.29 Å². The number of nitrogens with zero attached hydrogens (tertiary/aromatic N) is 1. The Kier molecular flexibility index (Phi) is 11.5. The van der Waals surface area contributed by atoms with Crippen LogP contribution in [0.1, 0.15) is 59.5 Å². The van der Waals surface area contributed by atoms with Gasteiger partial charge in [0.25, 0.3) is 0 Å². The molecule has 1 amide bonds. The van der Waals surface area contributed by atoms with Crippen molar-refractivity contribution in [2.75, 3.05) is 26.2 Å². The Labute approximate surface area is 292 Å². The molecule has 0 spiro atoms. The third-order valence-corrected chi connectivity index (χ3v) is 9.66. The van der Waals surface area contributed by atoms with Crippen LogP contribution in [0.15, 0.2) is 110 Å². The van der Waals surface area contributed by atoms with Crippen molar-refractivity contribution >= 4 is 17.7 Å². The largest absolute Gasteiger partial charge is 0.445 e. The number of halogens is 1. The van der Waals surface area contributed by atoms with E-state index in [1.54, 1.807) is 0 Å². The predicted molar refractivity (Wildman–Crippen MR) is 190 cm³/mol. The Morgan fingerprint density at radius 3 is 2.35 bits per heavy atom. The zero-order valence-electron chi connectivity index (χ0n) is 27.5. The molecular formula is C40H43ClN2O6. The van der Waals surface area contributed by atoms with Crippen molar-refractivity contribution in [1.82, 2.24) is 10.2 Å². The van der Waals surface area contributed by atoms with Crippen LogP contribution in [0.5, 0.6) is 0 Å². The van der Waals surface area contributed by atoms with Crippen LogP contribution in [0.25, 0.3) is 11.1 Å². The van der Waals surface area contributed by atoms with Crippen molar-refractivity contribution in [2.45, 2.75) is 56.5 Å². The second-order valence-corrected chi connectivity index (χ2v) is 13.1. The number of piperidine rings is 1. The summed E-state index contributed by atoms with van der Waals surface area (Å²) in [5.74, 6) is 0. The number of aliphatic hydroxyl groups excluding tert-OH is 1. The van der Waals surface area contributed by atoms with Gasteiger partial charge in [0, 0.05) is 43.2 Å². The zero-order valence-corrected chi connectivity index (χ0v) is 28.2. The first-order chi connectivity index (χ1) is 23.8. The van der Waals surface area contributed by atoms with Gasteiger partial charge >= 0.3 is 6.09 Å². The lowest BCUT2D eigenvalue weighted by molar-refractivity contribution is -0.253. The monoisotopic (exact) mass is 682 g/mol. The highest BCUT2D eigenvalue weighted by atomic mass is 35.5. The number of benzene rings is 4. The Hall–Kier alpha value is -4.02. The SMILES string of the molecule is C=CCOC(=O)NCc1ccccc1-c1ccc(C2OC(CN3CCC(O)(c4ccc(Cl)cc4)CC3)CC(c3ccc(CO)cc3)O2)cc1. The number of ether oxygens (including phenoxy) is 3. The highest BCUT2D eigenvalue weighted by molar-refractivity contribution is 6.30. The number of aliphatic hydroxyl groups is 2. The molecule has 0 radical (unpaired) electrons. The van der Waals surface area contributed by atoms with Gasteiger partial charge < -0.3 is 34.6 Å². The van der Waals surface area contributed by atoms with Crippen molar-refractivity contribution < 1.29 is 29.2 Å². The fourth-order valence-electron chi connectivity index (χ4n) is 6.60. The maximum atomic E-state index is 12.0. The van der Waals surface area contributed by atoms with E-state index in [9.17, 15) is 15.0 Å². The van der Waals surface area contributed by atoms with Crippen LogP contribution in [0.3, 0.4) is 0 Å². The van der Waals surface area contributed by atoms with Gasteiger partial charge in [-0.3, -0.25) is 0 Å². The lowest BCUT2D eigenvalue weighted by Crippen LogP contribution is -2.46. The maximum Gasteiger partial charge on any atom is 0.407 e. The van der Waals surface area contributed by atoms with Crippen molar-refractivity contribution in [2.24, 2.45) is 0 Å². The topological polar surface area (TPSA) is 100 Å². The first-order valence-corrected chi connectivity index (χ1v) is 17.1. The predicted octanol–water partition coefficient (Wildman–Crippen LogP) is 7.44. The van der Waals surface area contributed by atoms with Gasteiger partial charge in [-0.15, -0.1) is 0 Å². The number of nitrogens with one attached hydrogen (secondary N) is 1. The van der Waals surface area contributed by atoms with Gasteiger partial charge in [0.2, 0.25) is 0 Å². The fraction of sp³-hybridized carbons (Fsp3) is 0.325. The average molecular weight is 683 g/mol. The third kappa shape index (κ3) is 8.78. The normalized spacial score (nSPS) is 20.8. The Balaban J connectivity index is 1.16. The molecule has 2 fully saturated rings. The molecule has 0 aromatic heterocycles. The number of likely N-dealkylation sites (tertiary alicyclic amines) is 1. The minimum Gasteiger partial charge on any atom is -0.445 e. The van der Waals surface area contributed by atoms with Crippen LogP contribution < -0.4 is 5.32 Å². The summed E-state index contributed by atoms with van der Waals surface area (Å²) in [4.78, 5) is 14.4. The highest BCUT2D eigenvalue weighted by Crippen LogP contribution is 2.40. The lowest BCUT2D eigenvalue weighted by Gasteiger charge is -2.42. The number of amides is 1. The van der Waals surface area contributed by atoms with Crippen LogP contribution in [0.4, 0.5) is 4.79 Å². The standard InChI is InChI=1S/C40H43ClN2O6/c1-2-23-47-39(45)42-25-32-5-3-4-6-36(32)29-11-13-31(14-12-29)38-48-35(24-37(49-38)30-9-7-28(27-44)8-10-30)26-43-21-19-40(46,20-22-43)33-15-17-34(41)18-16-33/h2-18,35,37-38,44,46H,1,19-27H2,(H,42,45). The van der Waals surface area contributed by atoms with E-state index < -0.39 is 18.0 Å². The Morgan fingerprint density at radius 1 is 0.959 bits per heavy atom. The summed E-state index contributed by atoms with van der Waals surface area (Å²) in [5, 5.41) is 24.5. The van der Waals surface area contributed by atoms with Gasteiger partial charge in [0.05, 0.1) is 24.4 Å². The van der Waals surface area contributed by atoms with E-state index in [1.807, 2.05) is 97.1 Å². The van der Waals surface area contributed by atoms with E-state index >= 15 is 0 Å². The number of rotatable bonds is 11. The molecule has 0 saturated carbocycles. The number of hydrogen-bond donors (Lipinski definition) is 3. The molecule has 3 unspecified atom stereocenters. The van der Waals surface area contributed by atoms with Crippen molar-refractivity contribution in [3.63, 3.8) is 0 Å². The minimum atomic E-state index is -0.873. The molecule has 9 heteroatoms. The van der Waals surface area contributed by atoms with Crippen molar-refractivity contribution in [1.29, 1.82) is 0 Å². The third-order valence-electron chi connectivity index (χ3n) is 9.41. The molecule has 2 saturated heterocycles. The maximum absolute atomic E-state index is 12.0. The molecule has 2 heterocycles. The quantitative estimate of drug-likeness (QED) is 0.141. The van der Waals surface area contributed by atoms with E-state index in [-0.39, 0.29) is 25.4 Å². The molecule has 3 atom stereocenters. The summed E-state index contributed by atoms with van der Waals surface area (Å²) in [5.41, 5.74) is 5.80. The summed E-state index contributed by atoms with van der Waals surface area (Å²) in [6.45, 7) is 6.25. The van der Waals surface area contributed by atoms with Crippen molar-refractivity contribution in [3.05, 3.63) is 143 Å². The molecule has 3 N–H and O–H groups in total. The molecule has 6 rings (SSSR count). The average Bonchev–Trinajstić information content (AvgIpc) is 3.14. The summed E-state index contributed by atoms with van der Waals surface area (Å²) in [7, 11) is 0. The molecule has 4 aromatic rings. The molecule has 2 aliphatic rings. The van der Waals surface area contributed by atoms with Gasteiger partial charge in [-0.2, -0.15) is 0 Å². The highest BCUT2D eigenvalue weighted by Gasteiger charge is 2.37. The number of alkyl carbamates (subject to hydrolysis) is 1. The lowest BCUT2D eigenvalue weighted by atomic mass is 9.84. The van der Waals surface area contributed by atoms with Crippen LogP contribution in [0, 0.1) is 0 Å².